The van der Waals surface area contributed by atoms with Gasteiger partial charge in [-0.05, 0) is 52.4 Å². The van der Waals surface area contributed by atoms with Crippen LogP contribution in [0.25, 0.3) is 0 Å². The summed E-state index contributed by atoms with van der Waals surface area (Å²) in [4.78, 5) is 41.2. The Labute approximate surface area is 235 Å². The van der Waals surface area contributed by atoms with Gasteiger partial charge in [-0.3, -0.25) is 9.59 Å². The van der Waals surface area contributed by atoms with Crippen LogP contribution < -0.4 is 0 Å². The number of ketones is 1. The Morgan fingerprint density at radius 2 is 1.74 bits per heavy atom. The number of ether oxygens (including phenoxy) is 3. The lowest BCUT2D eigenvalue weighted by molar-refractivity contribution is -0.218. The summed E-state index contributed by atoms with van der Waals surface area (Å²) in [6, 6.07) is 18.1. The first-order valence-electron chi connectivity index (χ1n) is 12.9. The molecule has 39 heavy (non-hydrogen) atoms. The predicted molar refractivity (Wildman–Crippen MR) is 145 cm³/mol. The number of rotatable bonds is 12. The van der Waals surface area contributed by atoms with Gasteiger partial charge in [-0.2, -0.15) is 0 Å². The standard InChI is InChI=1S/C29H32BrNO8/c30-25-18-24(33)26(39-29(25,36)12-7-14-37-15-13-32)23(17-21-10-5-2-6-11-21)27(34)31-22(19-38-28(31)35)16-20-8-3-1-4-9-20/h1-6,8-11,18,22-23,26,32,36H,7,12-17,19H2/t22-,23-,26-,29+/m0/s1. The number of hydrogen-bond acceptors (Lipinski definition) is 8. The van der Waals surface area contributed by atoms with E-state index in [1.807, 2.05) is 60.7 Å². The first-order chi connectivity index (χ1) is 18.8. The molecule has 2 aromatic rings. The number of cyclic esters (lactones) is 1. The summed E-state index contributed by atoms with van der Waals surface area (Å²) in [7, 11) is 0. The summed E-state index contributed by atoms with van der Waals surface area (Å²) in [5, 5.41) is 20.2. The highest BCUT2D eigenvalue weighted by Gasteiger charge is 2.49. The predicted octanol–water partition coefficient (Wildman–Crippen LogP) is 3.16. The molecule has 2 aliphatic rings. The van der Waals surface area contributed by atoms with Crippen LogP contribution >= 0.6 is 15.9 Å². The molecule has 0 radical (unpaired) electrons. The number of carbonyl (C=O) groups excluding carboxylic acids is 3. The van der Waals surface area contributed by atoms with E-state index in [9.17, 15) is 19.5 Å². The fraction of sp³-hybridized carbons (Fsp3) is 0.414. The average Bonchev–Trinajstić information content (AvgIpc) is 3.30. The normalized spacial score (nSPS) is 23.9. The van der Waals surface area contributed by atoms with Crippen molar-refractivity contribution in [1.82, 2.24) is 4.90 Å². The van der Waals surface area contributed by atoms with E-state index in [1.54, 1.807) is 0 Å². The van der Waals surface area contributed by atoms with Gasteiger partial charge < -0.3 is 24.4 Å². The van der Waals surface area contributed by atoms with Crippen LogP contribution in [-0.2, 0) is 36.6 Å². The Hall–Kier alpha value is -2.89. The lowest BCUT2D eigenvalue weighted by Gasteiger charge is -2.38. The second-order valence-electron chi connectivity index (χ2n) is 9.58. The summed E-state index contributed by atoms with van der Waals surface area (Å²) >= 11 is 3.25. The molecule has 0 unspecified atom stereocenters. The van der Waals surface area contributed by atoms with Gasteiger partial charge in [-0.25, -0.2) is 9.69 Å². The first kappa shape index (κ1) is 29.1. The number of halogens is 1. The summed E-state index contributed by atoms with van der Waals surface area (Å²) in [6.07, 6.45) is 0.0856. The smallest absolute Gasteiger partial charge is 0.416 e. The van der Waals surface area contributed by atoms with Crippen LogP contribution in [0.3, 0.4) is 0 Å². The quantitative estimate of drug-likeness (QED) is 0.356. The van der Waals surface area contributed by atoms with E-state index >= 15 is 0 Å². The van der Waals surface area contributed by atoms with Gasteiger partial charge in [0.2, 0.25) is 5.91 Å². The Bertz CT molecular complexity index is 1170. The highest BCUT2D eigenvalue weighted by atomic mass is 79.9. The van der Waals surface area contributed by atoms with Gasteiger partial charge in [0.15, 0.2) is 11.6 Å². The molecule has 0 aliphatic carbocycles. The zero-order valence-electron chi connectivity index (χ0n) is 21.4. The van der Waals surface area contributed by atoms with E-state index in [4.69, 9.17) is 19.3 Å². The van der Waals surface area contributed by atoms with Crippen LogP contribution in [0.1, 0.15) is 24.0 Å². The molecule has 1 fully saturated rings. The van der Waals surface area contributed by atoms with Crippen LogP contribution in [0.5, 0.6) is 0 Å². The number of aliphatic hydroxyl groups excluding tert-OH is 1. The number of amides is 2. The molecule has 2 amide bonds. The van der Waals surface area contributed by atoms with Gasteiger partial charge in [0.05, 0.1) is 29.7 Å². The molecule has 1 saturated heterocycles. The number of imide groups is 1. The fourth-order valence-electron chi connectivity index (χ4n) is 4.82. The molecule has 4 atom stereocenters. The maximum Gasteiger partial charge on any atom is 0.416 e. The van der Waals surface area contributed by atoms with Crippen molar-refractivity contribution in [2.75, 3.05) is 26.4 Å². The zero-order chi connectivity index (χ0) is 27.8. The topological polar surface area (TPSA) is 123 Å². The molecule has 4 rings (SSSR count). The minimum absolute atomic E-state index is 0.0419. The monoisotopic (exact) mass is 601 g/mol. The second-order valence-corrected chi connectivity index (χ2v) is 10.4. The van der Waals surface area contributed by atoms with Crippen LogP contribution in [0.4, 0.5) is 4.79 Å². The van der Waals surface area contributed by atoms with Crippen LogP contribution in [0.2, 0.25) is 0 Å². The molecule has 10 heteroatoms. The number of nitrogens with zero attached hydrogens (tertiary/aromatic N) is 1. The number of benzene rings is 2. The summed E-state index contributed by atoms with van der Waals surface area (Å²) < 4.78 is 16.7. The highest BCUT2D eigenvalue weighted by molar-refractivity contribution is 9.11. The number of aliphatic hydroxyl groups is 2. The van der Waals surface area contributed by atoms with Crippen molar-refractivity contribution in [1.29, 1.82) is 0 Å². The Morgan fingerprint density at radius 3 is 2.41 bits per heavy atom. The van der Waals surface area contributed by atoms with Gasteiger partial charge >= 0.3 is 6.09 Å². The lowest BCUT2D eigenvalue weighted by atomic mass is 9.87. The number of hydrogen-bond donors (Lipinski definition) is 2. The van der Waals surface area contributed by atoms with Crippen molar-refractivity contribution in [3.63, 3.8) is 0 Å². The van der Waals surface area contributed by atoms with Crippen molar-refractivity contribution >= 4 is 33.7 Å². The largest absolute Gasteiger partial charge is 0.447 e. The minimum Gasteiger partial charge on any atom is -0.447 e. The van der Waals surface area contributed by atoms with Gasteiger partial charge in [-0.15, -0.1) is 0 Å². The molecule has 208 valence electrons. The lowest BCUT2D eigenvalue weighted by Crippen LogP contribution is -2.53. The van der Waals surface area contributed by atoms with Crippen molar-refractivity contribution in [3.05, 3.63) is 82.3 Å². The Kier molecular flexibility index (Phi) is 10.0. The third kappa shape index (κ3) is 7.20. The van der Waals surface area contributed by atoms with E-state index in [-0.39, 0.29) is 43.8 Å². The maximum atomic E-state index is 14.1. The second kappa shape index (κ2) is 13.5. The van der Waals surface area contributed by atoms with Gasteiger partial charge in [0.1, 0.15) is 12.7 Å². The van der Waals surface area contributed by atoms with Crippen molar-refractivity contribution in [3.8, 4) is 0 Å². The molecule has 0 saturated carbocycles. The van der Waals surface area contributed by atoms with Crippen LogP contribution in [0, 0.1) is 5.92 Å². The highest BCUT2D eigenvalue weighted by Crippen LogP contribution is 2.37. The summed E-state index contributed by atoms with van der Waals surface area (Å²) in [5.74, 6) is -4.06. The number of carbonyl (C=O) groups is 3. The van der Waals surface area contributed by atoms with E-state index < -0.39 is 41.6 Å². The van der Waals surface area contributed by atoms with Crippen molar-refractivity contribution < 1.29 is 38.8 Å². The van der Waals surface area contributed by atoms with E-state index in [0.717, 1.165) is 16.0 Å². The van der Waals surface area contributed by atoms with Crippen LogP contribution in [0.15, 0.2) is 71.2 Å². The summed E-state index contributed by atoms with van der Waals surface area (Å²) in [6.45, 7) is 0.355. The van der Waals surface area contributed by atoms with E-state index in [0.29, 0.717) is 12.8 Å². The zero-order valence-corrected chi connectivity index (χ0v) is 23.0. The molecule has 0 aromatic heterocycles. The fourth-order valence-corrected chi connectivity index (χ4v) is 5.34. The Balaban J connectivity index is 1.60. The molecular formula is C29H32BrNO8. The molecule has 0 bridgehead atoms. The molecular weight excluding hydrogens is 570 g/mol. The first-order valence-corrected chi connectivity index (χ1v) is 13.7. The Morgan fingerprint density at radius 1 is 1.08 bits per heavy atom. The molecule has 2 N–H and O–H groups in total. The molecule has 9 nitrogen and oxygen atoms in total. The molecule has 2 aliphatic heterocycles. The third-order valence-corrected chi connectivity index (χ3v) is 7.63. The maximum absolute atomic E-state index is 14.1. The van der Waals surface area contributed by atoms with E-state index in [1.165, 1.54) is 6.08 Å². The van der Waals surface area contributed by atoms with Gasteiger partial charge in [0, 0.05) is 13.0 Å². The third-order valence-electron chi connectivity index (χ3n) is 6.78. The van der Waals surface area contributed by atoms with Crippen molar-refractivity contribution in [2.24, 2.45) is 5.92 Å². The van der Waals surface area contributed by atoms with Crippen LogP contribution in [-0.4, -0.2) is 77.3 Å². The molecule has 2 heterocycles. The minimum atomic E-state index is -1.87. The molecule has 2 aromatic carbocycles. The van der Waals surface area contributed by atoms with Gasteiger partial charge in [-0.1, -0.05) is 60.7 Å². The average molecular weight is 602 g/mol. The van der Waals surface area contributed by atoms with E-state index in [2.05, 4.69) is 15.9 Å². The SMILES string of the molecule is O=C1C=C(Br)[C@@](O)(CCCOCCO)O[C@H]1[C@H](Cc1ccccc1)C(=O)N1C(=O)OC[C@@H]1Cc1ccccc1. The molecule has 0 spiro atoms. The summed E-state index contributed by atoms with van der Waals surface area (Å²) in [5.41, 5.74) is 1.71. The van der Waals surface area contributed by atoms with Gasteiger partial charge in [0.25, 0.3) is 0 Å². The van der Waals surface area contributed by atoms with Crippen molar-refractivity contribution in [2.45, 2.75) is 43.6 Å².